The van der Waals surface area contributed by atoms with E-state index in [9.17, 15) is 9.18 Å². The lowest BCUT2D eigenvalue weighted by atomic mass is 10.2. The van der Waals surface area contributed by atoms with Crippen LogP contribution in [0.15, 0.2) is 78.4 Å². The summed E-state index contributed by atoms with van der Waals surface area (Å²) in [7, 11) is 1.39. The largest absolute Gasteiger partial charge is 0.504 e. The molecule has 1 heterocycles. The van der Waals surface area contributed by atoms with Gasteiger partial charge < -0.3 is 9.84 Å². The van der Waals surface area contributed by atoms with Gasteiger partial charge in [-0.3, -0.25) is 0 Å². The average molecular weight is 383 g/mol. The quantitative estimate of drug-likeness (QED) is 0.466. The molecule has 0 aliphatic carbocycles. The molecule has 0 amide bonds. The first kappa shape index (κ1) is 20.1. The molecule has 4 nitrogen and oxygen atoms in total. The van der Waals surface area contributed by atoms with Crippen LogP contribution < -0.4 is 0 Å². The van der Waals surface area contributed by atoms with E-state index >= 15 is 0 Å². The molecule has 0 spiro atoms. The summed E-state index contributed by atoms with van der Waals surface area (Å²) in [5.74, 6) is -1.30. The summed E-state index contributed by atoms with van der Waals surface area (Å²) in [6.45, 7) is 0. The van der Waals surface area contributed by atoms with Crippen LogP contribution in [0.2, 0.25) is 0 Å². The van der Waals surface area contributed by atoms with E-state index in [0.29, 0.717) is 5.01 Å². The summed E-state index contributed by atoms with van der Waals surface area (Å²) < 4.78 is 18.5. The zero-order valence-corrected chi connectivity index (χ0v) is 15.4. The van der Waals surface area contributed by atoms with Gasteiger partial charge in [0.2, 0.25) is 0 Å². The molecule has 6 heteroatoms. The molecule has 1 N–H and O–H groups in total. The van der Waals surface area contributed by atoms with E-state index in [1.165, 1.54) is 24.5 Å². The van der Waals surface area contributed by atoms with Gasteiger partial charge in [-0.2, -0.15) is 0 Å². The van der Waals surface area contributed by atoms with Gasteiger partial charge in [0.1, 0.15) is 0 Å². The normalized spacial score (nSPS) is 11.0. The summed E-state index contributed by atoms with van der Waals surface area (Å²) in [5, 5.41) is 10.2. The minimum Gasteiger partial charge on any atom is -0.504 e. The summed E-state index contributed by atoms with van der Waals surface area (Å²) >= 11 is 1.32. The number of benzene rings is 2. The van der Waals surface area contributed by atoms with Crippen LogP contribution >= 0.6 is 11.3 Å². The Morgan fingerprint density at radius 1 is 1.11 bits per heavy atom. The van der Waals surface area contributed by atoms with Crippen molar-refractivity contribution in [3.63, 3.8) is 0 Å². The number of ether oxygens (including phenoxy) is 1. The van der Waals surface area contributed by atoms with Gasteiger partial charge in [-0.15, -0.1) is 11.3 Å². The smallest absolute Gasteiger partial charge is 0.331 e. The Hall–Kier alpha value is -3.25. The van der Waals surface area contributed by atoms with Gasteiger partial charge in [-0.05, 0) is 11.6 Å². The SMILES string of the molecule is COC=CC(=O)O.FC(=Cc1ccccc1)c1nc(-c2ccccc2)cs1. The highest BCUT2D eigenvalue weighted by atomic mass is 32.1. The van der Waals surface area contributed by atoms with E-state index in [0.717, 1.165) is 29.2 Å². The number of methoxy groups -OCH3 is 1. The molecule has 3 aromatic rings. The fourth-order valence-electron chi connectivity index (χ4n) is 2.01. The predicted octanol–water partition coefficient (Wildman–Crippen LogP) is 5.51. The van der Waals surface area contributed by atoms with Crippen LogP contribution in [0.4, 0.5) is 4.39 Å². The van der Waals surface area contributed by atoms with Crippen molar-refractivity contribution in [1.29, 1.82) is 0 Å². The molecule has 0 aliphatic heterocycles. The van der Waals surface area contributed by atoms with E-state index in [-0.39, 0.29) is 5.83 Å². The lowest BCUT2D eigenvalue weighted by Gasteiger charge is -1.95. The summed E-state index contributed by atoms with van der Waals surface area (Å²) in [6.07, 6.45) is 3.52. The first-order chi connectivity index (χ1) is 13.1. The van der Waals surface area contributed by atoms with Crippen molar-refractivity contribution in [2.45, 2.75) is 0 Å². The molecule has 138 valence electrons. The van der Waals surface area contributed by atoms with Crippen molar-refractivity contribution in [2.75, 3.05) is 7.11 Å². The number of carboxylic acid groups (broad SMARTS) is 1. The van der Waals surface area contributed by atoms with Gasteiger partial charge in [0, 0.05) is 10.9 Å². The third-order valence-corrected chi connectivity index (χ3v) is 4.07. The highest BCUT2D eigenvalue weighted by molar-refractivity contribution is 7.11. The van der Waals surface area contributed by atoms with Gasteiger partial charge in [-0.1, -0.05) is 60.7 Å². The molecular weight excluding hydrogens is 365 g/mol. The Morgan fingerprint density at radius 2 is 1.74 bits per heavy atom. The van der Waals surface area contributed by atoms with E-state index in [4.69, 9.17) is 5.11 Å². The molecule has 2 aromatic carbocycles. The van der Waals surface area contributed by atoms with Gasteiger partial charge in [0.05, 0.1) is 25.1 Å². The molecular formula is C21H18FNO3S. The maximum atomic E-state index is 14.2. The Morgan fingerprint density at radius 3 is 2.30 bits per heavy atom. The summed E-state index contributed by atoms with van der Waals surface area (Å²) in [4.78, 5) is 13.9. The molecule has 0 saturated carbocycles. The topological polar surface area (TPSA) is 59.4 Å². The zero-order chi connectivity index (χ0) is 19.5. The van der Waals surface area contributed by atoms with Crippen molar-refractivity contribution in [1.82, 2.24) is 4.98 Å². The second-order valence-electron chi connectivity index (χ2n) is 5.18. The Labute approximate surface area is 160 Å². The fourth-order valence-corrected chi connectivity index (χ4v) is 2.74. The van der Waals surface area contributed by atoms with Gasteiger partial charge in [-0.25, -0.2) is 14.2 Å². The van der Waals surface area contributed by atoms with E-state index in [1.54, 1.807) is 0 Å². The molecule has 0 radical (unpaired) electrons. The average Bonchev–Trinajstić information content (AvgIpc) is 3.19. The molecule has 1 aromatic heterocycles. The van der Waals surface area contributed by atoms with Crippen molar-refractivity contribution in [3.05, 3.63) is 89.0 Å². The standard InChI is InChI=1S/C17H12FNS.C4H6O3/c18-15(11-13-7-3-1-4-8-13)17-19-16(12-20-17)14-9-5-2-6-10-14;1-7-3-2-4(5)6/h1-12H;2-3H,1H3,(H,5,6). The molecule has 0 saturated heterocycles. The number of rotatable bonds is 5. The van der Waals surface area contributed by atoms with Crippen molar-refractivity contribution >= 4 is 29.2 Å². The third-order valence-electron chi connectivity index (χ3n) is 3.22. The highest BCUT2D eigenvalue weighted by Crippen LogP contribution is 2.27. The number of aromatic nitrogens is 1. The first-order valence-electron chi connectivity index (χ1n) is 7.96. The number of thiazole rings is 1. The van der Waals surface area contributed by atoms with Crippen LogP contribution in [-0.2, 0) is 9.53 Å². The minimum absolute atomic E-state index is 0.302. The van der Waals surface area contributed by atoms with Crippen molar-refractivity contribution in [2.24, 2.45) is 0 Å². The van der Waals surface area contributed by atoms with E-state index < -0.39 is 5.97 Å². The monoisotopic (exact) mass is 383 g/mol. The van der Waals surface area contributed by atoms with E-state index in [1.807, 2.05) is 66.0 Å². The van der Waals surface area contributed by atoms with Crippen LogP contribution in [0.25, 0.3) is 23.2 Å². The number of hydrogen-bond donors (Lipinski definition) is 1. The number of carboxylic acids is 1. The Bertz CT molecular complexity index is 905. The van der Waals surface area contributed by atoms with E-state index in [2.05, 4.69) is 9.72 Å². The third kappa shape index (κ3) is 6.87. The van der Waals surface area contributed by atoms with Crippen LogP contribution in [0.3, 0.4) is 0 Å². The molecule has 0 fully saturated rings. The predicted molar refractivity (Wildman–Crippen MR) is 107 cm³/mol. The van der Waals surface area contributed by atoms with Crippen LogP contribution in [0.1, 0.15) is 10.6 Å². The maximum absolute atomic E-state index is 14.2. The molecule has 27 heavy (non-hydrogen) atoms. The lowest BCUT2D eigenvalue weighted by molar-refractivity contribution is -0.131. The van der Waals surface area contributed by atoms with Gasteiger partial charge >= 0.3 is 5.97 Å². The Kier molecular flexibility index (Phi) is 7.93. The molecule has 0 aliphatic rings. The number of nitrogens with zero attached hydrogens (tertiary/aromatic N) is 1. The van der Waals surface area contributed by atoms with Crippen LogP contribution in [0.5, 0.6) is 0 Å². The molecule has 0 bridgehead atoms. The number of carbonyl (C=O) groups is 1. The molecule has 0 unspecified atom stereocenters. The number of aliphatic carboxylic acids is 1. The first-order valence-corrected chi connectivity index (χ1v) is 8.84. The second-order valence-corrected chi connectivity index (χ2v) is 6.04. The van der Waals surface area contributed by atoms with Crippen molar-refractivity contribution < 1.29 is 19.0 Å². The highest BCUT2D eigenvalue weighted by Gasteiger charge is 2.08. The fraction of sp³-hybridized carbons (Fsp3) is 0.0476. The maximum Gasteiger partial charge on any atom is 0.331 e. The lowest BCUT2D eigenvalue weighted by Crippen LogP contribution is -1.85. The number of hydrogen-bond acceptors (Lipinski definition) is 4. The summed E-state index contributed by atoms with van der Waals surface area (Å²) in [5.41, 5.74) is 2.64. The molecule has 3 rings (SSSR count). The number of halogens is 1. The second kappa shape index (κ2) is 10.7. The minimum atomic E-state index is -0.998. The zero-order valence-electron chi connectivity index (χ0n) is 14.6. The van der Waals surface area contributed by atoms with Crippen molar-refractivity contribution in [3.8, 4) is 11.3 Å². The van der Waals surface area contributed by atoms with Crippen LogP contribution in [-0.4, -0.2) is 23.2 Å². The summed E-state index contributed by atoms with van der Waals surface area (Å²) in [6, 6.07) is 19.2. The Balaban J connectivity index is 0.000000321. The van der Waals surface area contributed by atoms with Crippen LogP contribution in [0, 0.1) is 0 Å². The van der Waals surface area contributed by atoms with Gasteiger partial charge in [0.15, 0.2) is 10.8 Å². The molecule has 0 atom stereocenters. The van der Waals surface area contributed by atoms with Gasteiger partial charge in [0.25, 0.3) is 0 Å².